The summed E-state index contributed by atoms with van der Waals surface area (Å²) in [6, 6.07) is 5.48. The van der Waals surface area contributed by atoms with Crippen molar-refractivity contribution < 1.29 is 8.42 Å². The van der Waals surface area contributed by atoms with E-state index in [1.807, 2.05) is 0 Å². The molecule has 7 heteroatoms. The first-order valence-corrected chi connectivity index (χ1v) is 8.71. The third-order valence-electron chi connectivity index (χ3n) is 4.05. The first kappa shape index (κ1) is 16.1. The maximum absolute atomic E-state index is 11.9. The number of hydrogen-bond acceptors (Lipinski definition) is 5. The van der Waals surface area contributed by atoms with Crippen LogP contribution >= 0.6 is 0 Å². The molecule has 118 valence electrons. The van der Waals surface area contributed by atoms with E-state index < -0.39 is 10.0 Å². The average molecular weight is 312 g/mol. The van der Waals surface area contributed by atoms with Gasteiger partial charge in [-0.2, -0.15) is 0 Å². The number of nitrogens with one attached hydrogen (secondary N) is 2. The third-order valence-corrected chi connectivity index (χ3v) is 5.46. The van der Waals surface area contributed by atoms with E-state index in [2.05, 4.69) is 29.0 Å². The molecule has 4 N–H and O–H groups in total. The van der Waals surface area contributed by atoms with Crippen LogP contribution in [0.15, 0.2) is 23.1 Å². The highest BCUT2D eigenvalue weighted by molar-refractivity contribution is 7.89. The van der Waals surface area contributed by atoms with Gasteiger partial charge in [-0.1, -0.05) is 6.42 Å². The van der Waals surface area contributed by atoms with Crippen LogP contribution in [-0.4, -0.2) is 32.6 Å². The van der Waals surface area contributed by atoms with Crippen LogP contribution in [0.1, 0.15) is 33.1 Å². The van der Waals surface area contributed by atoms with Crippen molar-refractivity contribution in [1.82, 2.24) is 9.73 Å². The standard InChI is InChI=1S/C14H24N4O2S/c1-10-5-4-6-11(2)18(10)17-14-9-12(7-8-13(14)15)21(19,20)16-3/h7-11,16-17H,4-6,15H2,1-3H3. The molecule has 1 saturated heterocycles. The van der Waals surface area contributed by atoms with Gasteiger partial charge in [0.15, 0.2) is 0 Å². The van der Waals surface area contributed by atoms with Crippen molar-refractivity contribution >= 4 is 21.4 Å². The van der Waals surface area contributed by atoms with Gasteiger partial charge in [0.25, 0.3) is 0 Å². The van der Waals surface area contributed by atoms with Gasteiger partial charge < -0.3 is 11.2 Å². The van der Waals surface area contributed by atoms with Crippen LogP contribution in [0.5, 0.6) is 0 Å². The molecule has 2 atom stereocenters. The average Bonchev–Trinajstić information content (AvgIpc) is 2.44. The van der Waals surface area contributed by atoms with Crippen LogP contribution in [0.25, 0.3) is 0 Å². The lowest BCUT2D eigenvalue weighted by Crippen LogP contribution is -2.47. The van der Waals surface area contributed by atoms with Crippen molar-refractivity contribution in [3.8, 4) is 0 Å². The molecule has 6 nitrogen and oxygen atoms in total. The van der Waals surface area contributed by atoms with Crippen molar-refractivity contribution in [1.29, 1.82) is 0 Å². The molecule has 0 aromatic heterocycles. The van der Waals surface area contributed by atoms with Crippen LogP contribution < -0.4 is 15.9 Å². The Bertz CT molecular complexity index is 593. The molecule has 1 heterocycles. The highest BCUT2D eigenvalue weighted by atomic mass is 32.2. The van der Waals surface area contributed by atoms with Crippen molar-refractivity contribution in [2.24, 2.45) is 0 Å². The van der Waals surface area contributed by atoms with Gasteiger partial charge >= 0.3 is 0 Å². The Morgan fingerprint density at radius 2 is 1.86 bits per heavy atom. The molecule has 0 radical (unpaired) electrons. The summed E-state index contributed by atoms with van der Waals surface area (Å²) < 4.78 is 26.1. The normalized spacial score (nSPS) is 24.0. The minimum absolute atomic E-state index is 0.207. The molecule has 0 saturated carbocycles. The van der Waals surface area contributed by atoms with Crippen LogP contribution in [0.3, 0.4) is 0 Å². The van der Waals surface area contributed by atoms with Gasteiger partial charge in [-0.05, 0) is 51.9 Å². The SMILES string of the molecule is CNS(=O)(=O)c1ccc(N)c(NN2C(C)CCCC2C)c1. The zero-order valence-corrected chi connectivity index (χ0v) is 13.6. The van der Waals surface area contributed by atoms with Crippen LogP contribution in [0.2, 0.25) is 0 Å². The fraction of sp³-hybridized carbons (Fsp3) is 0.571. The number of piperidine rings is 1. The van der Waals surface area contributed by atoms with E-state index in [0.29, 0.717) is 23.5 Å². The Labute approximate surface area is 126 Å². The molecule has 0 spiro atoms. The Morgan fingerprint density at radius 1 is 1.24 bits per heavy atom. The van der Waals surface area contributed by atoms with Crippen LogP contribution in [-0.2, 0) is 10.0 Å². The maximum Gasteiger partial charge on any atom is 0.240 e. The van der Waals surface area contributed by atoms with Crippen molar-refractivity contribution in [2.75, 3.05) is 18.2 Å². The van der Waals surface area contributed by atoms with E-state index in [1.54, 1.807) is 12.1 Å². The highest BCUT2D eigenvalue weighted by Crippen LogP contribution is 2.28. The lowest BCUT2D eigenvalue weighted by molar-refractivity contribution is 0.136. The Morgan fingerprint density at radius 3 is 2.43 bits per heavy atom. The molecule has 1 aliphatic heterocycles. The smallest absolute Gasteiger partial charge is 0.240 e. The maximum atomic E-state index is 11.9. The summed E-state index contributed by atoms with van der Waals surface area (Å²) in [6.45, 7) is 4.32. The second-order valence-electron chi connectivity index (χ2n) is 5.60. The summed E-state index contributed by atoms with van der Waals surface area (Å²) in [4.78, 5) is 0.207. The molecule has 1 aromatic carbocycles. The number of sulfonamides is 1. The number of hydrogen-bond donors (Lipinski definition) is 3. The molecule has 21 heavy (non-hydrogen) atoms. The van der Waals surface area contributed by atoms with Gasteiger partial charge in [0, 0.05) is 12.1 Å². The summed E-state index contributed by atoms with van der Waals surface area (Å²) in [5.74, 6) is 0. The molecule has 1 aliphatic rings. The molecule has 0 bridgehead atoms. The van der Waals surface area contributed by atoms with Gasteiger partial charge in [0.1, 0.15) is 0 Å². The number of nitrogens with two attached hydrogens (primary N) is 1. The summed E-state index contributed by atoms with van der Waals surface area (Å²) in [5.41, 5.74) is 10.4. The van der Waals surface area contributed by atoms with Gasteiger partial charge in [-0.15, -0.1) is 0 Å². The van der Waals surface area contributed by atoms with Crippen molar-refractivity contribution in [3.63, 3.8) is 0 Å². The second-order valence-corrected chi connectivity index (χ2v) is 7.49. The van der Waals surface area contributed by atoms with E-state index in [9.17, 15) is 8.42 Å². The molecule has 2 rings (SSSR count). The van der Waals surface area contributed by atoms with E-state index in [-0.39, 0.29) is 4.90 Å². The monoisotopic (exact) mass is 312 g/mol. The van der Waals surface area contributed by atoms with Crippen LogP contribution in [0.4, 0.5) is 11.4 Å². The quantitative estimate of drug-likeness (QED) is 0.738. The topological polar surface area (TPSA) is 87.5 Å². The number of hydrazine groups is 1. The zero-order chi connectivity index (χ0) is 15.6. The summed E-state index contributed by atoms with van der Waals surface area (Å²) in [7, 11) is -2.07. The predicted octanol–water partition coefficient (Wildman–Crippen LogP) is 1.77. The Kier molecular flexibility index (Phi) is 4.75. The molecule has 0 amide bonds. The van der Waals surface area contributed by atoms with Crippen LogP contribution in [0, 0.1) is 0 Å². The number of benzene rings is 1. The number of anilines is 2. The Hall–Kier alpha value is -1.31. The van der Waals surface area contributed by atoms with E-state index in [4.69, 9.17) is 5.73 Å². The van der Waals surface area contributed by atoms with Crippen molar-refractivity contribution in [3.05, 3.63) is 18.2 Å². The molecule has 1 fully saturated rings. The minimum atomic E-state index is -3.47. The largest absolute Gasteiger partial charge is 0.397 e. The van der Waals surface area contributed by atoms with E-state index in [1.165, 1.54) is 19.5 Å². The summed E-state index contributed by atoms with van der Waals surface area (Å²) >= 11 is 0. The van der Waals surface area contributed by atoms with Gasteiger partial charge in [0.2, 0.25) is 10.0 Å². The number of nitrogens with zero attached hydrogens (tertiary/aromatic N) is 1. The van der Waals surface area contributed by atoms with Gasteiger partial charge in [-0.3, -0.25) is 0 Å². The first-order chi connectivity index (χ1) is 9.85. The fourth-order valence-corrected chi connectivity index (χ4v) is 3.45. The highest BCUT2D eigenvalue weighted by Gasteiger charge is 2.25. The molecular formula is C14H24N4O2S. The number of nitrogen functional groups attached to an aromatic ring is 1. The number of rotatable bonds is 4. The molecule has 2 unspecified atom stereocenters. The van der Waals surface area contributed by atoms with Gasteiger partial charge in [0.05, 0.1) is 16.3 Å². The lowest BCUT2D eigenvalue weighted by Gasteiger charge is -2.39. The third kappa shape index (κ3) is 3.48. The second kappa shape index (κ2) is 6.21. The first-order valence-electron chi connectivity index (χ1n) is 7.23. The zero-order valence-electron chi connectivity index (χ0n) is 12.8. The van der Waals surface area contributed by atoms with Gasteiger partial charge in [-0.25, -0.2) is 18.1 Å². The summed E-state index contributed by atoms with van der Waals surface area (Å²) in [5, 5.41) is 2.16. The Balaban J connectivity index is 2.29. The summed E-state index contributed by atoms with van der Waals surface area (Å²) in [6.07, 6.45) is 3.45. The fourth-order valence-electron chi connectivity index (χ4n) is 2.70. The van der Waals surface area contributed by atoms with E-state index in [0.717, 1.165) is 12.8 Å². The minimum Gasteiger partial charge on any atom is -0.397 e. The predicted molar refractivity (Wildman–Crippen MR) is 85.3 cm³/mol. The van der Waals surface area contributed by atoms with E-state index >= 15 is 0 Å². The molecule has 0 aliphatic carbocycles. The lowest BCUT2D eigenvalue weighted by atomic mass is 10.00. The molecular weight excluding hydrogens is 288 g/mol. The molecule has 1 aromatic rings. The van der Waals surface area contributed by atoms with Crippen molar-refractivity contribution in [2.45, 2.75) is 50.1 Å².